The summed E-state index contributed by atoms with van der Waals surface area (Å²) in [5.74, 6) is 0.305. The Morgan fingerprint density at radius 3 is 2.56 bits per heavy atom. The number of amides is 2. The Morgan fingerprint density at radius 1 is 0.969 bits per heavy atom. The molecule has 1 aliphatic heterocycles. The van der Waals surface area contributed by atoms with Gasteiger partial charge in [0.25, 0.3) is 5.91 Å². The van der Waals surface area contributed by atoms with Crippen molar-refractivity contribution in [3.05, 3.63) is 84.2 Å². The van der Waals surface area contributed by atoms with E-state index in [0.717, 1.165) is 36.9 Å². The minimum Gasteiger partial charge on any atom is -0.350 e. The lowest BCUT2D eigenvalue weighted by atomic mass is 9.84. The molecule has 3 atom stereocenters. The predicted octanol–water partition coefficient (Wildman–Crippen LogP) is 3.96. The van der Waals surface area contributed by atoms with Crippen molar-refractivity contribution < 1.29 is 9.59 Å². The highest BCUT2D eigenvalue weighted by Crippen LogP contribution is 2.40. The van der Waals surface area contributed by atoms with Crippen molar-refractivity contribution in [3.8, 4) is 5.69 Å². The summed E-state index contributed by atoms with van der Waals surface area (Å²) in [6.45, 7) is 0.397. The molecule has 1 aliphatic carbocycles. The standard InChI is InChI=1S/C26H28N4O2/c31-25(27-18-21-12-5-6-13-22(21)29-16-8-15-28-29)24-17-20-11-4-7-14-23(20)30(24)26(32)19-9-2-1-3-10-19/h1-3,5-6,8-10,12-13,15-16,20,23-24H,4,7,11,14,17-18H2,(H,27,31). The molecule has 3 unspecified atom stereocenters. The largest absolute Gasteiger partial charge is 0.350 e. The smallest absolute Gasteiger partial charge is 0.254 e. The molecule has 1 saturated carbocycles. The van der Waals surface area contributed by atoms with Crippen molar-refractivity contribution in [3.63, 3.8) is 0 Å². The number of nitrogens with zero attached hydrogens (tertiary/aromatic N) is 3. The number of aromatic nitrogens is 2. The number of carbonyl (C=O) groups excluding carboxylic acids is 2. The van der Waals surface area contributed by atoms with Gasteiger partial charge in [-0.15, -0.1) is 0 Å². The van der Waals surface area contributed by atoms with Gasteiger partial charge in [-0.2, -0.15) is 5.10 Å². The van der Waals surface area contributed by atoms with Gasteiger partial charge >= 0.3 is 0 Å². The van der Waals surface area contributed by atoms with Gasteiger partial charge in [-0.1, -0.05) is 49.2 Å². The molecule has 0 radical (unpaired) electrons. The van der Waals surface area contributed by atoms with Crippen LogP contribution in [0.25, 0.3) is 5.69 Å². The Bertz CT molecular complexity index is 1080. The number of hydrogen-bond donors (Lipinski definition) is 1. The first-order valence-corrected chi connectivity index (χ1v) is 11.5. The summed E-state index contributed by atoms with van der Waals surface area (Å²) in [6.07, 6.45) is 8.75. The highest BCUT2D eigenvalue weighted by molar-refractivity contribution is 5.98. The SMILES string of the molecule is O=C(NCc1ccccc1-n1cccn1)C1CC2CCCCC2N1C(=O)c1ccccc1. The molecule has 6 heteroatoms. The molecule has 164 valence electrons. The van der Waals surface area contributed by atoms with Crippen LogP contribution in [0.5, 0.6) is 0 Å². The molecule has 2 aromatic carbocycles. The first-order valence-electron chi connectivity index (χ1n) is 11.5. The summed E-state index contributed by atoms with van der Waals surface area (Å²) in [5, 5.41) is 7.44. The Morgan fingerprint density at radius 2 is 1.75 bits per heavy atom. The second-order valence-electron chi connectivity index (χ2n) is 8.74. The van der Waals surface area contributed by atoms with Gasteiger partial charge in [0.2, 0.25) is 5.91 Å². The summed E-state index contributed by atoms with van der Waals surface area (Å²) < 4.78 is 1.80. The highest BCUT2D eigenvalue weighted by Gasteiger charge is 2.47. The fourth-order valence-corrected chi connectivity index (χ4v) is 5.31. The summed E-state index contributed by atoms with van der Waals surface area (Å²) >= 11 is 0. The molecule has 5 rings (SSSR count). The fourth-order valence-electron chi connectivity index (χ4n) is 5.31. The molecule has 2 heterocycles. The van der Waals surface area contributed by atoms with E-state index in [0.29, 0.717) is 18.0 Å². The third-order valence-corrected chi connectivity index (χ3v) is 6.84. The highest BCUT2D eigenvalue weighted by atomic mass is 16.2. The van der Waals surface area contributed by atoms with Crippen molar-refractivity contribution >= 4 is 11.8 Å². The molecule has 1 saturated heterocycles. The summed E-state index contributed by atoms with van der Waals surface area (Å²) in [6, 6.07) is 18.9. The number of benzene rings is 2. The van der Waals surface area contributed by atoms with Gasteiger partial charge in [-0.25, -0.2) is 4.68 Å². The Balaban J connectivity index is 1.36. The molecule has 6 nitrogen and oxygen atoms in total. The summed E-state index contributed by atoms with van der Waals surface area (Å²) in [5.41, 5.74) is 2.58. The van der Waals surface area contributed by atoms with Gasteiger partial charge in [0.1, 0.15) is 6.04 Å². The zero-order chi connectivity index (χ0) is 21.9. The van der Waals surface area contributed by atoms with Gasteiger partial charge in [-0.3, -0.25) is 9.59 Å². The van der Waals surface area contributed by atoms with Gasteiger partial charge < -0.3 is 10.2 Å². The van der Waals surface area contributed by atoms with E-state index in [1.807, 2.05) is 71.8 Å². The third kappa shape index (κ3) is 3.93. The minimum atomic E-state index is -0.423. The van der Waals surface area contributed by atoms with Gasteiger partial charge in [0.05, 0.1) is 5.69 Å². The zero-order valence-electron chi connectivity index (χ0n) is 18.1. The molecule has 3 aromatic rings. The van der Waals surface area contributed by atoms with Crippen LogP contribution in [0.1, 0.15) is 48.0 Å². The molecule has 0 spiro atoms. The van der Waals surface area contributed by atoms with Crippen molar-refractivity contribution in [2.24, 2.45) is 5.92 Å². The van der Waals surface area contributed by atoms with Gasteiger partial charge in [-0.05, 0) is 55.0 Å². The maximum absolute atomic E-state index is 13.4. The van der Waals surface area contributed by atoms with E-state index < -0.39 is 6.04 Å². The van der Waals surface area contributed by atoms with Crippen LogP contribution in [0.3, 0.4) is 0 Å². The lowest BCUT2D eigenvalue weighted by Gasteiger charge is -2.33. The van der Waals surface area contributed by atoms with E-state index >= 15 is 0 Å². The molecular weight excluding hydrogens is 400 g/mol. The lowest BCUT2D eigenvalue weighted by molar-refractivity contribution is -0.125. The van der Waals surface area contributed by atoms with Crippen molar-refractivity contribution in [2.75, 3.05) is 0 Å². The third-order valence-electron chi connectivity index (χ3n) is 6.84. The fraction of sp³-hybridized carbons (Fsp3) is 0.346. The molecule has 1 N–H and O–H groups in total. The Hall–Kier alpha value is -3.41. The monoisotopic (exact) mass is 428 g/mol. The zero-order valence-corrected chi connectivity index (χ0v) is 18.1. The number of fused-ring (bicyclic) bond motifs is 1. The number of para-hydroxylation sites is 1. The summed E-state index contributed by atoms with van der Waals surface area (Å²) in [7, 11) is 0. The number of carbonyl (C=O) groups is 2. The molecule has 2 amide bonds. The number of hydrogen-bond acceptors (Lipinski definition) is 3. The van der Waals surface area contributed by atoms with Gasteiger partial charge in [0.15, 0.2) is 0 Å². The molecular formula is C26H28N4O2. The second kappa shape index (κ2) is 8.99. The Kier molecular flexibility index (Phi) is 5.75. The maximum Gasteiger partial charge on any atom is 0.254 e. The number of rotatable bonds is 5. The van der Waals surface area contributed by atoms with E-state index in [1.54, 1.807) is 10.9 Å². The van der Waals surface area contributed by atoms with Crippen molar-refractivity contribution in [1.29, 1.82) is 0 Å². The van der Waals surface area contributed by atoms with Crippen LogP contribution < -0.4 is 5.32 Å². The van der Waals surface area contributed by atoms with Crippen LogP contribution in [-0.4, -0.2) is 38.6 Å². The Labute approximate surface area is 188 Å². The molecule has 2 aliphatic rings. The quantitative estimate of drug-likeness (QED) is 0.669. The predicted molar refractivity (Wildman–Crippen MR) is 122 cm³/mol. The van der Waals surface area contributed by atoms with E-state index in [2.05, 4.69) is 10.4 Å². The summed E-state index contributed by atoms with van der Waals surface area (Å²) in [4.78, 5) is 28.7. The van der Waals surface area contributed by atoms with Crippen LogP contribution in [-0.2, 0) is 11.3 Å². The van der Waals surface area contributed by atoms with E-state index in [4.69, 9.17) is 0 Å². The molecule has 0 bridgehead atoms. The average Bonchev–Trinajstić information content (AvgIpc) is 3.51. The maximum atomic E-state index is 13.4. The first-order chi connectivity index (χ1) is 15.7. The van der Waals surface area contributed by atoms with Crippen LogP contribution in [0.4, 0.5) is 0 Å². The van der Waals surface area contributed by atoms with E-state index in [-0.39, 0.29) is 17.9 Å². The van der Waals surface area contributed by atoms with Crippen molar-refractivity contribution in [2.45, 2.75) is 50.7 Å². The van der Waals surface area contributed by atoms with Crippen LogP contribution in [0, 0.1) is 5.92 Å². The van der Waals surface area contributed by atoms with Crippen molar-refractivity contribution in [1.82, 2.24) is 20.0 Å². The van der Waals surface area contributed by atoms with Crippen LogP contribution in [0.15, 0.2) is 73.1 Å². The van der Waals surface area contributed by atoms with Gasteiger partial charge in [0, 0.05) is 30.5 Å². The molecule has 1 aromatic heterocycles. The first kappa shape index (κ1) is 20.5. The lowest BCUT2D eigenvalue weighted by Crippen LogP contribution is -2.49. The van der Waals surface area contributed by atoms with E-state index in [9.17, 15) is 9.59 Å². The minimum absolute atomic E-state index is 0.0305. The number of likely N-dealkylation sites (tertiary alicyclic amines) is 1. The number of nitrogens with one attached hydrogen (secondary N) is 1. The topological polar surface area (TPSA) is 67.2 Å². The normalized spacial score (nSPS) is 22.4. The van der Waals surface area contributed by atoms with Crippen LogP contribution >= 0.6 is 0 Å². The average molecular weight is 429 g/mol. The molecule has 2 fully saturated rings. The second-order valence-corrected chi connectivity index (χ2v) is 8.74. The van der Waals surface area contributed by atoms with E-state index in [1.165, 1.54) is 6.42 Å². The molecule has 32 heavy (non-hydrogen) atoms. The van der Waals surface area contributed by atoms with Crippen LogP contribution in [0.2, 0.25) is 0 Å².